The Morgan fingerprint density at radius 3 is 2.89 bits per heavy atom. The number of hydrogen-bond acceptors (Lipinski definition) is 3. The first kappa shape index (κ1) is 11.4. The Hall–Kier alpha value is -2.69. The van der Waals surface area contributed by atoms with Crippen LogP contribution in [0.5, 0.6) is 0 Å². The number of carboxylic acids is 1. The van der Waals surface area contributed by atoms with Crippen LogP contribution in [0.4, 0.5) is 0 Å². The molecule has 3 aromatic rings. The van der Waals surface area contributed by atoms with Gasteiger partial charge in [-0.25, -0.2) is 4.79 Å². The Bertz CT molecular complexity index is 777. The smallest absolute Gasteiger partial charge is 0.337 e. The third-order valence-corrected chi connectivity index (χ3v) is 3.08. The van der Waals surface area contributed by atoms with E-state index in [-0.39, 0.29) is 5.56 Å². The number of hydrogen-bond donors (Lipinski definition) is 1. The predicted octanol–water partition coefficient (Wildman–Crippen LogP) is 2.33. The molecule has 1 aromatic carbocycles. The lowest BCUT2D eigenvalue weighted by Crippen LogP contribution is -1.99. The van der Waals surface area contributed by atoms with Gasteiger partial charge in [0.05, 0.1) is 17.5 Å². The van der Waals surface area contributed by atoms with Crippen LogP contribution in [-0.2, 0) is 7.05 Å². The zero-order valence-corrected chi connectivity index (χ0v) is 10.2. The van der Waals surface area contributed by atoms with E-state index in [4.69, 9.17) is 5.11 Å². The minimum Gasteiger partial charge on any atom is -0.478 e. The van der Waals surface area contributed by atoms with Crippen molar-refractivity contribution in [3.05, 3.63) is 48.3 Å². The summed E-state index contributed by atoms with van der Waals surface area (Å²) >= 11 is 0. The van der Waals surface area contributed by atoms with Crippen molar-refractivity contribution >= 4 is 16.9 Å². The third-order valence-electron chi connectivity index (χ3n) is 3.08. The minimum absolute atomic E-state index is 0.137. The van der Waals surface area contributed by atoms with Crippen LogP contribution in [0, 0.1) is 0 Å². The fourth-order valence-corrected chi connectivity index (χ4v) is 2.07. The highest BCUT2D eigenvalue weighted by Crippen LogP contribution is 2.23. The summed E-state index contributed by atoms with van der Waals surface area (Å²) in [4.78, 5) is 10.9. The van der Waals surface area contributed by atoms with Crippen LogP contribution in [0.1, 0.15) is 10.4 Å². The number of rotatable bonds is 2. The summed E-state index contributed by atoms with van der Waals surface area (Å²) in [7, 11) is 1.98. The summed E-state index contributed by atoms with van der Waals surface area (Å²) in [6, 6.07) is 9.41. The number of benzene rings is 1. The van der Waals surface area contributed by atoms with Gasteiger partial charge < -0.3 is 9.67 Å². The maximum absolute atomic E-state index is 10.9. The quantitative estimate of drug-likeness (QED) is 0.761. The van der Waals surface area contributed by atoms with Gasteiger partial charge in [-0.15, -0.1) is 0 Å². The largest absolute Gasteiger partial charge is 0.478 e. The molecule has 5 heteroatoms. The highest BCUT2D eigenvalue weighted by molar-refractivity contribution is 5.89. The maximum atomic E-state index is 10.9. The SMILES string of the molecule is Cn1ccc2cc(-c3cc(C(=O)O)cnn3)ccc21. The molecule has 2 aromatic heterocycles. The van der Waals surface area contributed by atoms with Crippen LogP contribution in [0.2, 0.25) is 0 Å². The van der Waals surface area contributed by atoms with E-state index in [1.165, 1.54) is 12.3 Å². The molecule has 0 unspecified atom stereocenters. The van der Waals surface area contributed by atoms with Crippen molar-refractivity contribution < 1.29 is 9.90 Å². The lowest BCUT2D eigenvalue weighted by Gasteiger charge is -2.02. The van der Waals surface area contributed by atoms with Gasteiger partial charge in [-0.3, -0.25) is 0 Å². The summed E-state index contributed by atoms with van der Waals surface area (Å²) in [6.45, 7) is 0. The van der Waals surface area contributed by atoms with Gasteiger partial charge in [-0.05, 0) is 24.3 Å². The summed E-state index contributed by atoms with van der Waals surface area (Å²) in [5.74, 6) is -1.00. The van der Waals surface area contributed by atoms with E-state index < -0.39 is 5.97 Å². The van der Waals surface area contributed by atoms with Gasteiger partial charge in [0, 0.05) is 29.7 Å². The molecule has 0 spiro atoms. The van der Waals surface area contributed by atoms with Crippen molar-refractivity contribution in [2.75, 3.05) is 0 Å². The van der Waals surface area contributed by atoms with Crippen molar-refractivity contribution in [2.45, 2.75) is 0 Å². The van der Waals surface area contributed by atoms with Crippen molar-refractivity contribution in [3.63, 3.8) is 0 Å². The molecule has 0 saturated carbocycles. The first-order chi connectivity index (χ1) is 9.15. The Morgan fingerprint density at radius 2 is 2.11 bits per heavy atom. The molecule has 0 atom stereocenters. The maximum Gasteiger partial charge on any atom is 0.337 e. The fourth-order valence-electron chi connectivity index (χ4n) is 2.07. The normalized spacial score (nSPS) is 10.8. The first-order valence-corrected chi connectivity index (χ1v) is 5.76. The van der Waals surface area contributed by atoms with Crippen LogP contribution < -0.4 is 0 Å². The summed E-state index contributed by atoms with van der Waals surface area (Å²) in [6.07, 6.45) is 3.22. The average molecular weight is 253 g/mol. The molecule has 0 radical (unpaired) electrons. The molecule has 0 aliphatic heterocycles. The van der Waals surface area contributed by atoms with E-state index in [0.29, 0.717) is 5.69 Å². The zero-order chi connectivity index (χ0) is 13.4. The summed E-state index contributed by atoms with van der Waals surface area (Å²) < 4.78 is 2.03. The van der Waals surface area contributed by atoms with Gasteiger partial charge in [-0.1, -0.05) is 6.07 Å². The molecule has 0 aliphatic carbocycles. The second-order valence-corrected chi connectivity index (χ2v) is 4.33. The topological polar surface area (TPSA) is 68.0 Å². The van der Waals surface area contributed by atoms with Crippen LogP contribution in [-0.4, -0.2) is 25.8 Å². The van der Waals surface area contributed by atoms with Gasteiger partial charge in [0.1, 0.15) is 0 Å². The number of nitrogens with zero attached hydrogens (tertiary/aromatic N) is 3. The van der Waals surface area contributed by atoms with Crippen molar-refractivity contribution in [1.29, 1.82) is 0 Å². The molecule has 0 saturated heterocycles. The van der Waals surface area contributed by atoms with Gasteiger partial charge in [-0.2, -0.15) is 10.2 Å². The van der Waals surface area contributed by atoms with Crippen molar-refractivity contribution in [3.8, 4) is 11.3 Å². The van der Waals surface area contributed by atoms with Gasteiger partial charge >= 0.3 is 5.97 Å². The molecular weight excluding hydrogens is 242 g/mol. The zero-order valence-electron chi connectivity index (χ0n) is 10.2. The second kappa shape index (κ2) is 4.20. The van der Waals surface area contributed by atoms with E-state index >= 15 is 0 Å². The van der Waals surface area contributed by atoms with E-state index in [1.54, 1.807) is 0 Å². The molecule has 3 rings (SSSR count). The molecule has 19 heavy (non-hydrogen) atoms. The van der Waals surface area contributed by atoms with E-state index in [2.05, 4.69) is 10.2 Å². The van der Waals surface area contributed by atoms with Crippen molar-refractivity contribution in [1.82, 2.24) is 14.8 Å². The number of fused-ring (bicyclic) bond motifs is 1. The van der Waals surface area contributed by atoms with E-state index in [1.807, 2.05) is 42.1 Å². The summed E-state index contributed by atoms with van der Waals surface area (Å²) in [5, 5.41) is 17.8. The minimum atomic E-state index is -1.00. The number of carbonyl (C=O) groups is 1. The van der Waals surface area contributed by atoms with Crippen LogP contribution in [0.25, 0.3) is 22.2 Å². The van der Waals surface area contributed by atoms with Crippen molar-refractivity contribution in [2.24, 2.45) is 7.05 Å². The highest BCUT2D eigenvalue weighted by Gasteiger charge is 2.08. The molecule has 1 N–H and O–H groups in total. The Kier molecular flexibility index (Phi) is 2.52. The molecule has 0 bridgehead atoms. The number of aromatic nitrogens is 3. The number of aromatic carboxylic acids is 1. The number of aryl methyl sites for hydroxylation is 1. The molecule has 0 amide bonds. The third kappa shape index (κ3) is 1.95. The monoisotopic (exact) mass is 253 g/mol. The lowest BCUT2D eigenvalue weighted by molar-refractivity contribution is 0.0696. The average Bonchev–Trinajstić information content (AvgIpc) is 2.80. The first-order valence-electron chi connectivity index (χ1n) is 5.76. The molecular formula is C14H11N3O2. The fraction of sp³-hybridized carbons (Fsp3) is 0.0714. The van der Waals surface area contributed by atoms with E-state index in [9.17, 15) is 4.79 Å². The molecule has 2 heterocycles. The van der Waals surface area contributed by atoms with Gasteiger partial charge in [0.25, 0.3) is 0 Å². The predicted molar refractivity (Wildman–Crippen MR) is 70.9 cm³/mol. The van der Waals surface area contributed by atoms with Gasteiger partial charge in [0.15, 0.2) is 0 Å². The molecule has 94 valence electrons. The number of carboxylic acid groups (broad SMARTS) is 1. The molecule has 0 fully saturated rings. The van der Waals surface area contributed by atoms with E-state index in [0.717, 1.165) is 16.5 Å². The van der Waals surface area contributed by atoms with Gasteiger partial charge in [0.2, 0.25) is 0 Å². The highest BCUT2D eigenvalue weighted by atomic mass is 16.4. The second-order valence-electron chi connectivity index (χ2n) is 4.33. The van der Waals surface area contributed by atoms with Crippen LogP contribution in [0.15, 0.2) is 42.7 Å². The summed E-state index contributed by atoms with van der Waals surface area (Å²) in [5.41, 5.74) is 2.67. The Balaban J connectivity index is 2.13. The van der Waals surface area contributed by atoms with Crippen LogP contribution >= 0.6 is 0 Å². The standard InChI is InChI=1S/C14H11N3O2/c1-17-5-4-10-6-9(2-3-13(10)17)12-7-11(14(18)19)8-15-16-12/h2-8H,1H3,(H,18,19). The molecule has 5 nitrogen and oxygen atoms in total. The van der Waals surface area contributed by atoms with Crippen LogP contribution in [0.3, 0.4) is 0 Å². The Morgan fingerprint density at radius 1 is 1.26 bits per heavy atom. The Labute approximate surface area is 109 Å². The molecule has 0 aliphatic rings. The lowest BCUT2D eigenvalue weighted by atomic mass is 10.1.